The number of hydrogen-bond acceptors (Lipinski definition) is 9. The summed E-state index contributed by atoms with van der Waals surface area (Å²) in [4.78, 5) is 45.7. The molecule has 2 saturated heterocycles. The number of aliphatic hydroxyl groups is 1. The summed E-state index contributed by atoms with van der Waals surface area (Å²) < 4.78 is 52.9. The molecule has 0 aliphatic carbocycles. The van der Waals surface area contributed by atoms with Gasteiger partial charge in [-0.15, -0.1) is 0 Å². The summed E-state index contributed by atoms with van der Waals surface area (Å²) in [5.74, 6) is -2.83. The first-order valence-electron chi connectivity index (χ1n) is 15.6. The number of methoxy groups -OCH3 is 1. The third-order valence-electron chi connectivity index (χ3n) is 8.50. The molecule has 4 heterocycles. The number of piperidine rings is 1. The van der Waals surface area contributed by atoms with Crippen LogP contribution in [0.5, 0.6) is 5.75 Å². The smallest absolute Gasteiger partial charge is 0.490 e. The topological polar surface area (TPSA) is 170 Å². The van der Waals surface area contributed by atoms with Crippen molar-refractivity contribution in [3.05, 3.63) is 71.9 Å². The van der Waals surface area contributed by atoms with Gasteiger partial charge in [-0.2, -0.15) is 13.2 Å². The molecule has 2 aliphatic rings. The number of aryl methyl sites for hydroxylation is 1. The molecule has 50 heavy (non-hydrogen) atoms. The molecule has 266 valence electrons. The zero-order valence-corrected chi connectivity index (χ0v) is 27.0. The number of benzene rings is 2. The van der Waals surface area contributed by atoms with Gasteiger partial charge in [0.1, 0.15) is 0 Å². The Morgan fingerprint density at radius 1 is 1.06 bits per heavy atom. The molecule has 0 spiro atoms. The lowest BCUT2D eigenvalue weighted by molar-refractivity contribution is -0.192. The van der Waals surface area contributed by atoms with Gasteiger partial charge in [-0.1, -0.05) is 0 Å². The minimum atomic E-state index is -5.08. The van der Waals surface area contributed by atoms with Crippen LogP contribution in [0, 0.1) is 18.7 Å². The third-order valence-corrected chi connectivity index (χ3v) is 8.50. The number of aliphatic carboxylic acids is 1. The normalized spacial score (nSPS) is 17.9. The molecule has 13 nitrogen and oxygen atoms in total. The molecule has 2 aliphatic heterocycles. The molecule has 0 unspecified atom stereocenters. The second kappa shape index (κ2) is 15.1. The summed E-state index contributed by atoms with van der Waals surface area (Å²) in [6, 6.07) is 10.0. The fraction of sp³-hybridized carbons (Fsp3) is 0.364. The highest BCUT2D eigenvalue weighted by molar-refractivity contribution is 5.96. The fourth-order valence-electron chi connectivity index (χ4n) is 5.79. The number of aromatic nitrogens is 3. The van der Waals surface area contributed by atoms with E-state index < -0.39 is 24.1 Å². The number of nitrogens with zero attached hydrogens (tertiary/aromatic N) is 4. The van der Waals surface area contributed by atoms with E-state index >= 15 is 0 Å². The van der Waals surface area contributed by atoms with Crippen molar-refractivity contribution in [1.29, 1.82) is 0 Å². The average molecular weight is 702 g/mol. The maximum atomic E-state index is 14.4. The third kappa shape index (κ3) is 8.11. The van der Waals surface area contributed by atoms with E-state index in [0.717, 1.165) is 11.3 Å². The monoisotopic (exact) mass is 701 g/mol. The minimum Gasteiger partial charge on any atom is -0.494 e. The number of nitrogens with one attached hydrogen (secondary N) is 3. The lowest BCUT2D eigenvalue weighted by atomic mass is 9.94. The van der Waals surface area contributed by atoms with E-state index in [9.17, 15) is 32.3 Å². The number of hydrogen-bond donors (Lipinski definition) is 5. The van der Waals surface area contributed by atoms with Gasteiger partial charge in [-0.05, 0) is 61.7 Å². The first-order valence-corrected chi connectivity index (χ1v) is 15.6. The summed E-state index contributed by atoms with van der Waals surface area (Å²) in [5, 5.41) is 26.4. The van der Waals surface area contributed by atoms with Crippen LogP contribution >= 0.6 is 0 Å². The van der Waals surface area contributed by atoms with Crippen molar-refractivity contribution in [3.63, 3.8) is 0 Å². The Balaban J connectivity index is 0.000000630. The number of carboxylic acid groups (broad SMARTS) is 1. The minimum absolute atomic E-state index is 0.0594. The number of alkyl halides is 3. The van der Waals surface area contributed by atoms with Crippen LogP contribution in [0.3, 0.4) is 0 Å². The van der Waals surface area contributed by atoms with Gasteiger partial charge in [0.15, 0.2) is 23.0 Å². The van der Waals surface area contributed by atoms with E-state index in [2.05, 4.69) is 25.9 Å². The standard InChI is InChI=1S/C31H34FN7O4.C2HF3O2/c1-18-13-21(36-28-29-35-16-25(39(29)12-9-34-28)20-3-6-27(43-2)23(32)14-20)4-5-22(18)31(42)38-10-7-19(8-11-38)30(41)37-24-15-33-17-26(24)40;3-2(4,5)1(6)7/h3-6,9,12-14,16,19,24,26,33,40H,7-8,10-11,15,17H2,1-2H3,(H,34,36)(H,37,41);(H,6,7)/t24-,26-;/m1./s1. The highest BCUT2D eigenvalue weighted by Gasteiger charge is 2.38. The summed E-state index contributed by atoms with van der Waals surface area (Å²) in [6.45, 7) is 3.92. The van der Waals surface area contributed by atoms with E-state index in [1.54, 1.807) is 41.7 Å². The number of carbonyl (C=O) groups excluding carboxylic acids is 2. The van der Waals surface area contributed by atoms with E-state index in [1.165, 1.54) is 13.2 Å². The van der Waals surface area contributed by atoms with Crippen molar-refractivity contribution in [1.82, 2.24) is 29.9 Å². The molecule has 2 aromatic carbocycles. The van der Waals surface area contributed by atoms with Crippen molar-refractivity contribution < 1.29 is 46.9 Å². The molecule has 2 aromatic heterocycles. The van der Waals surface area contributed by atoms with Crippen molar-refractivity contribution in [2.75, 3.05) is 38.6 Å². The van der Waals surface area contributed by atoms with Crippen molar-refractivity contribution >= 4 is 34.9 Å². The van der Waals surface area contributed by atoms with E-state index in [1.807, 2.05) is 23.5 Å². The molecule has 6 rings (SSSR count). The molecule has 0 bridgehead atoms. The number of rotatable bonds is 7. The van der Waals surface area contributed by atoms with Crippen molar-refractivity contribution in [3.8, 4) is 17.0 Å². The molecule has 0 saturated carbocycles. The number of aliphatic hydroxyl groups excluding tert-OH is 1. The first kappa shape index (κ1) is 36.0. The second-order valence-corrected chi connectivity index (χ2v) is 11.8. The molecular formula is C33H35F4N7O6. The Kier molecular flexibility index (Phi) is 10.9. The number of amides is 2. The molecule has 2 fully saturated rings. The van der Waals surface area contributed by atoms with E-state index in [4.69, 9.17) is 14.6 Å². The average Bonchev–Trinajstić information content (AvgIpc) is 3.71. The summed E-state index contributed by atoms with van der Waals surface area (Å²) in [5.41, 5.74) is 4.07. The predicted molar refractivity (Wildman–Crippen MR) is 173 cm³/mol. The second-order valence-electron chi connectivity index (χ2n) is 11.8. The Morgan fingerprint density at radius 3 is 2.38 bits per heavy atom. The molecule has 5 N–H and O–H groups in total. The summed E-state index contributed by atoms with van der Waals surface area (Å²) >= 11 is 0. The number of carboxylic acids is 1. The molecule has 4 aromatic rings. The van der Waals surface area contributed by atoms with Crippen LogP contribution in [-0.2, 0) is 9.59 Å². The number of carbonyl (C=O) groups is 3. The number of halogens is 4. The Morgan fingerprint density at radius 2 is 1.78 bits per heavy atom. The highest BCUT2D eigenvalue weighted by Crippen LogP contribution is 2.29. The van der Waals surface area contributed by atoms with Crippen LogP contribution < -0.4 is 20.7 Å². The number of imidazole rings is 1. The van der Waals surface area contributed by atoms with Crippen LogP contribution in [0.15, 0.2) is 55.0 Å². The maximum absolute atomic E-state index is 14.4. The van der Waals surface area contributed by atoms with E-state index in [0.29, 0.717) is 67.3 Å². The SMILES string of the molecule is COc1ccc(-c2cnc3c(Nc4ccc(C(=O)N5CCC(C(=O)N[C@@H]6CNC[C@H]6O)CC5)c(C)c4)nccn23)cc1F.O=C(O)C(F)(F)F. The molecule has 2 atom stereocenters. The predicted octanol–water partition coefficient (Wildman–Crippen LogP) is 3.53. The molecule has 17 heteroatoms. The molecule has 2 amide bonds. The highest BCUT2D eigenvalue weighted by atomic mass is 19.4. The van der Waals surface area contributed by atoms with Crippen LogP contribution in [0.1, 0.15) is 28.8 Å². The van der Waals surface area contributed by atoms with Gasteiger partial charge >= 0.3 is 12.1 Å². The number of fused-ring (bicyclic) bond motifs is 1. The van der Waals surface area contributed by atoms with Crippen LogP contribution in [0.25, 0.3) is 16.9 Å². The van der Waals surface area contributed by atoms with Gasteiger partial charge in [0.05, 0.1) is 31.1 Å². The Hall–Kier alpha value is -5.29. The van der Waals surface area contributed by atoms with Gasteiger partial charge < -0.3 is 35.8 Å². The quantitative estimate of drug-likeness (QED) is 0.180. The van der Waals surface area contributed by atoms with Gasteiger partial charge in [-0.25, -0.2) is 19.2 Å². The van der Waals surface area contributed by atoms with Crippen molar-refractivity contribution in [2.45, 2.75) is 38.1 Å². The van der Waals surface area contributed by atoms with Crippen molar-refractivity contribution in [2.24, 2.45) is 5.92 Å². The Bertz CT molecular complexity index is 1880. The maximum Gasteiger partial charge on any atom is 0.490 e. The van der Waals surface area contributed by atoms with Crippen LogP contribution in [-0.4, -0.2) is 98.9 Å². The zero-order chi connectivity index (χ0) is 36.2. The largest absolute Gasteiger partial charge is 0.494 e. The molecule has 0 radical (unpaired) electrons. The lowest BCUT2D eigenvalue weighted by Crippen LogP contribution is -2.48. The first-order chi connectivity index (χ1) is 23.8. The number of likely N-dealkylation sites (tertiary alicyclic amines) is 1. The Labute approximate surface area is 283 Å². The zero-order valence-electron chi connectivity index (χ0n) is 27.0. The van der Waals surface area contributed by atoms with Crippen LogP contribution in [0.4, 0.5) is 29.1 Å². The van der Waals surface area contributed by atoms with Gasteiger partial charge in [0.2, 0.25) is 5.91 Å². The number of β-amino-alcohol motifs (C(OH)–C–C–N with tert-alkyl or cyclic N) is 1. The van der Waals surface area contributed by atoms with Gasteiger partial charge in [0.25, 0.3) is 5.91 Å². The number of ether oxygens (including phenoxy) is 1. The van der Waals surface area contributed by atoms with E-state index in [-0.39, 0.29) is 29.5 Å². The van der Waals surface area contributed by atoms with Gasteiger partial charge in [-0.3, -0.25) is 14.0 Å². The fourth-order valence-corrected chi connectivity index (χ4v) is 5.79. The molecular weight excluding hydrogens is 666 g/mol. The number of anilines is 2. The summed E-state index contributed by atoms with van der Waals surface area (Å²) in [6.07, 6.45) is 0.577. The summed E-state index contributed by atoms with van der Waals surface area (Å²) in [7, 11) is 1.42. The lowest BCUT2D eigenvalue weighted by Gasteiger charge is -2.32. The van der Waals surface area contributed by atoms with Gasteiger partial charge in [0, 0.05) is 61.3 Å². The van der Waals surface area contributed by atoms with Crippen LogP contribution in [0.2, 0.25) is 0 Å².